The zero-order valence-electron chi connectivity index (χ0n) is 11.8. The van der Waals surface area contributed by atoms with Crippen LogP contribution in [0, 0.1) is 0 Å². The predicted molar refractivity (Wildman–Crippen MR) is 77.6 cm³/mol. The summed E-state index contributed by atoms with van der Waals surface area (Å²) in [5.41, 5.74) is 6.46. The number of anilines is 2. The largest absolute Gasteiger partial charge is 0.476 e. The van der Waals surface area contributed by atoms with Crippen molar-refractivity contribution in [3.63, 3.8) is 0 Å². The van der Waals surface area contributed by atoms with Crippen molar-refractivity contribution >= 4 is 11.5 Å². The fraction of sp³-hybridized carbons (Fsp3) is 0.429. The SMILES string of the molecule is CCCc1nc(NCc2ccco2)c(N)c(OCC)n1. The van der Waals surface area contributed by atoms with Gasteiger partial charge in [-0.2, -0.15) is 4.98 Å². The molecule has 0 atom stereocenters. The molecular weight excluding hydrogens is 256 g/mol. The molecule has 108 valence electrons. The fourth-order valence-electron chi connectivity index (χ4n) is 1.79. The number of nitrogens with one attached hydrogen (secondary N) is 1. The molecular formula is C14H20N4O2. The molecule has 0 bridgehead atoms. The monoisotopic (exact) mass is 276 g/mol. The summed E-state index contributed by atoms with van der Waals surface area (Å²) in [5, 5.41) is 3.16. The van der Waals surface area contributed by atoms with Gasteiger partial charge in [-0.15, -0.1) is 0 Å². The van der Waals surface area contributed by atoms with Gasteiger partial charge in [0.25, 0.3) is 0 Å². The second kappa shape index (κ2) is 6.79. The van der Waals surface area contributed by atoms with Gasteiger partial charge in [0.1, 0.15) is 17.3 Å². The first-order valence-corrected chi connectivity index (χ1v) is 6.80. The molecule has 0 amide bonds. The Labute approximate surface area is 118 Å². The minimum absolute atomic E-state index is 0.429. The summed E-state index contributed by atoms with van der Waals surface area (Å²) in [7, 11) is 0. The number of nitrogens with zero attached hydrogens (tertiary/aromatic N) is 2. The number of nitrogen functional groups attached to an aromatic ring is 1. The Balaban J connectivity index is 2.20. The predicted octanol–water partition coefficient (Wildman–Crippen LogP) is 2.62. The maximum atomic E-state index is 6.03. The van der Waals surface area contributed by atoms with Crippen LogP contribution in [0.5, 0.6) is 5.88 Å². The minimum atomic E-state index is 0.429. The van der Waals surface area contributed by atoms with E-state index in [1.807, 2.05) is 19.1 Å². The standard InChI is InChI=1S/C14H20N4O2/c1-3-6-11-17-13(12(15)14(18-11)19-4-2)16-9-10-7-5-8-20-10/h5,7-8H,3-4,6,9,15H2,1-2H3,(H,16,17,18). The number of nitrogens with two attached hydrogens (primary N) is 1. The van der Waals surface area contributed by atoms with Crippen LogP contribution in [0.2, 0.25) is 0 Å². The van der Waals surface area contributed by atoms with Gasteiger partial charge in [-0.3, -0.25) is 0 Å². The molecule has 0 aliphatic heterocycles. The van der Waals surface area contributed by atoms with E-state index >= 15 is 0 Å². The lowest BCUT2D eigenvalue weighted by molar-refractivity contribution is 0.327. The van der Waals surface area contributed by atoms with Gasteiger partial charge in [-0.25, -0.2) is 4.98 Å². The lowest BCUT2D eigenvalue weighted by atomic mass is 10.3. The molecule has 0 unspecified atom stereocenters. The quantitative estimate of drug-likeness (QED) is 0.808. The Hall–Kier alpha value is -2.24. The molecule has 0 aromatic carbocycles. The molecule has 6 heteroatoms. The molecule has 2 rings (SSSR count). The summed E-state index contributed by atoms with van der Waals surface area (Å²) >= 11 is 0. The van der Waals surface area contributed by atoms with Gasteiger partial charge < -0.3 is 20.2 Å². The zero-order valence-corrected chi connectivity index (χ0v) is 11.8. The van der Waals surface area contributed by atoms with Gasteiger partial charge in [-0.05, 0) is 25.5 Å². The van der Waals surface area contributed by atoms with Gasteiger partial charge >= 0.3 is 0 Å². The average molecular weight is 276 g/mol. The van der Waals surface area contributed by atoms with Gasteiger partial charge in [0.15, 0.2) is 5.82 Å². The lowest BCUT2D eigenvalue weighted by Gasteiger charge is -2.12. The summed E-state index contributed by atoms with van der Waals surface area (Å²) < 4.78 is 10.7. The number of aryl methyl sites for hydroxylation is 1. The molecule has 0 radical (unpaired) electrons. The van der Waals surface area contributed by atoms with Crippen LogP contribution in [-0.2, 0) is 13.0 Å². The molecule has 2 aromatic rings. The van der Waals surface area contributed by atoms with Crippen LogP contribution in [0.1, 0.15) is 31.9 Å². The highest BCUT2D eigenvalue weighted by Crippen LogP contribution is 2.26. The maximum Gasteiger partial charge on any atom is 0.242 e. The Kier molecular flexibility index (Phi) is 4.81. The molecule has 0 saturated heterocycles. The first-order chi connectivity index (χ1) is 9.74. The van der Waals surface area contributed by atoms with E-state index in [1.54, 1.807) is 6.26 Å². The number of hydrogen-bond acceptors (Lipinski definition) is 6. The van der Waals surface area contributed by atoms with Crippen molar-refractivity contribution in [1.82, 2.24) is 9.97 Å². The van der Waals surface area contributed by atoms with Crippen LogP contribution in [0.25, 0.3) is 0 Å². The van der Waals surface area contributed by atoms with Gasteiger partial charge in [0, 0.05) is 6.42 Å². The molecule has 0 aliphatic carbocycles. The maximum absolute atomic E-state index is 6.03. The Morgan fingerprint density at radius 1 is 1.35 bits per heavy atom. The molecule has 20 heavy (non-hydrogen) atoms. The average Bonchev–Trinajstić information content (AvgIpc) is 2.94. The van der Waals surface area contributed by atoms with Crippen molar-refractivity contribution < 1.29 is 9.15 Å². The third-order valence-electron chi connectivity index (χ3n) is 2.72. The second-order valence-corrected chi connectivity index (χ2v) is 4.32. The van der Waals surface area contributed by atoms with E-state index in [0.29, 0.717) is 30.5 Å². The lowest BCUT2D eigenvalue weighted by Crippen LogP contribution is -2.10. The van der Waals surface area contributed by atoms with Crippen LogP contribution in [0.3, 0.4) is 0 Å². The molecule has 3 N–H and O–H groups in total. The van der Waals surface area contributed by atoms with Crippen LogP contribution in [0.15, 0.2) is 22.8 Å². The van der Waals surface area contributed by atoms with Gasteiger partial charge in [0.05, 0.1) is 19.4 Å². The van der Waals surface area contributed by atoms with E-state index in [2.05, 4.69) is 22.2 Å². The van der Waals surface area contributed by atoms with Crippen molar-refractivity contribution in [2.24, 2.45) is 0 Å². The topological polar surface area (TPSA) is 86.2 Å². The van der Waals surface area contributed by atoms with E-state index in [-0.39, 0.29) is 0 Å². The Bertz CT molecular complexity index is 540. The molecule has 0 spiro atoms. The number of hydrogen-bond donors (Lipinski definition) is 2. The van der Waals surface area contributed by atoms with Crippen LogP contribution < -0.4 is 15.8 Å². The van der Waals surface area contributed by atoms with Crippen molar-refractivity contribution in [1.29, 1.82) is 0 Å². The first-order valence-electron chi connectivity index (χ1n) is 6.80. The van der Waals surface area contributed by atoms with Crippen molar-refractivity contribution in [2.75, 3.05) is 17.7 Å². The van der Waals surface area contributed by atoms with E-state index < -0.39 is 0 Å². The number of rotatable bonds is 7. The number of aromatic nitrogens is 2. The summed E-state index contributed by atoms with van der Waals surface area (Å²) in [5.74, 6) is 2.57. The molecule has 0 saturated carbocycles. The van der Waals surface area contributed by atoms with Crippen molar-refractivity contribution in [3.05, 3.63) is 30.0 Å². The van der Waals surface area contributed by atoms with Crippen molar-refractivity contribution in [2.45, 2.75) is 33.2 Å². The highest BCUT2D eigenvalue weighted by molar-refractivity contribution is 5.66. The highest BCUT2D eigenvalue weighted by Gasteiger charge is 2.12. The summed E-state index contributed by atoms with van der Waals surface area (Å²) in [6.07, 6.45) is 3.39. The third kappa shape index (κ3) is 3.40. The van der Waals surface area contributed by atoms with Crippen LogP contribution in [-0.4, -0.2) is 16.6 Å². The van der Waals surface area contributed by atoms with Gasteiger partial charge in [-0.1, -0.05) is 6.92 Å². The molecule has 2 heterocycles. The molecule has 0 aliphatic rings. The minimum Gasteiger partial charge on any atom is -0.476 e. The molecule has 0 fully saturated rings. The first kappa shape index (κ1) is 14.2. The Morgan fingerprint density at radius 3 is 2.85 bits per heavy atom. The molecule has 2 aromatic heterocycles. The summed E-state index contributed by atoms with van der Waals surface area (Å²) in [6, 6.07) is 3.73. The van der Waals surface area contributed by atoms with E-state index in [4.69, 9.17) is 14.9 Å². The third-order valence-corrected chi connectivity index (χ3v) is 2.72. The second-order valence-electron chi connectivity index (χ2n) is 4.32. The van der Waals surface area contributed by atoms with Gasteiger partial charge in [0.2, 0.25) is 5.88 Å². The summed E-state index contributed by atoms with van der Waals surface area (Å²) in [4.78, 5) is 8.77. The van der Waals surface area contributed by atoms with Crippen LogP contribution >= 0.6 is 0 Å². The number of ether oxygens (including phenoxy) is 1. The van der Waals surface area contributed by atoms with E-state index in [1.165, 1.54) is 0 Å². The fourth-order valence-corrected chi connectivity index (χ4v) is 1.79. The summed E-state index contributed by atoms with van der Waals surface area (Å²) in [6.45, 7) is 5.02. The van der Waals surface area contributed by atoms with E-state index in [0.717, 1.165) is 24.4 Å². The van der Waals surface area contributed by atoms with Crippen LogP contribution in [0.4, 0.5) is 11.5 Å². The molecule has 6 nitrogen and oxygen atoms in total. The normalized spacial score (nSPS) is 10.5. The van der Waals surface area contributed by atoms with Crippen molar-refractivity contribution in [3.8, 4) is 5.88 Å². The van der Waals surface area contributed by atoms with E-state index in [9.17, 15) is 0 Å². The zero-order chi connectivity index (χ0) is 14.4. The number of furan rings is 1. The Morgan fingerprint density at radius 2 is 2.20 bits per heavy atom. The smallest absolute Gasteiger partial charge is 0.242 e. The highest BCUT2D eigenvalue weighted by atomic mass is 16.5.